The van der Waals surface area contributed by atoms with E-state index >= 15 is 0 Å². The highest BCUT2D eigenvalue weighted by atomic mass is 35.5. The number of rotatable bonds is 1. The predicted molar refractivity (Wildman–Crippen MR) is 57.8 cm³/mol. The molecule has 0 N–H and O–H groups in total. The summed E-state index contributed by atoms with van der Waals surface area (Å²) in [4.78, 5) is 10.7. The Hall–Kier alpha value is -0.830. The van der Waals surface area contributed by atoms with E-state index in [9.17, 15) is 0 Å². The summed E-state index contributed by atoms with van der Waals surface area (Å²) in [5.74, 6) is 2.46. The van der Waals surface area contributed by atoms with E-state index in [0.717, 1.165) is 30.6 Å². The normalized spacial score (nSPS) is 21.6. The third-order valence-electron chi connectivity index (χ3n) is 2.54. The van der Waals surface area contributed by atoms with Gasteiger partial charge in [-0.05, 0) is 19.3 Å². The van der Waals surface area contributed by atoms with E-state index in [1.54, 1.807) is 0 Å². The maximum absolute atomic E-state index is 5.89. The molecule has 0 radical (unpaired) electrons. The fraction of sp³-hybridized carbons (Fsp3) is 0.600. The van der Waals surface area contributed by atoms with Crippen molar-refractivity contribution >= 4 is 17.4 Å². The predicted octanol–water partition coefficient (Wildman–Crippen LogP) is 2.28. The molecule has 1 aliphatic heterocycles. The van der Waals surface area contributed by atoms with Crippen molar-refractivity contribution in [1.82, 2.24) is 9.97 Å². The number of hydrogen-bond donors (Lipinski definition) is 0. The van der Waals surface area contributed by atoms with Crippen LogP contribution in [0.4, 0.5) is 5.82 Å². The van der Waals surface area contributed by atoms with Gasteiger partial charge in [0, 0.05) is 19.2 Å². The molecule has 76 valence electrons. The van der Waals surface area contributed by atoms with Gasteiger partial charge in [0.25, 0.3) is 0 Å². The quantitative estimate of drug-likeness (QED) is 0.668. The molecule has 0 bridgehead atoms. The van der Waals surface area contributed by atoms with Crippen molar-refractivity contribution in [3.63, 3.8) is 0 Å². The van der Waals surface area contributed by atoms with E-state index in [1.165, 1.54) is 6.42 Å². The van der Waals surface area contributed by atoms with E-state index < -0.39 is 0 Å². The number of halogens is 1. The molecule has 1 unspecified atom stereocenters. The molecule has 1 saturated heterocycles. The number of hydrogen-bond acceptors (Lipinski definition) is 3. The molecule has 1 atom stereocenters. The van der Waals surface area contributed by atoms with Gasteiger partial charge in [0.15, 0.2) is 0 Å². The second-order valence-corrected chi connectivity index (χ2v) is 4.32. The second-order valence-electron chi connectivity index (χ2n) is 3.94. The summed E-state index contributed by atoms with van der Waals surface area (Å²) in [7, 11) is 0. The van der Waals surface area contributed by atoms with Gasteiger partial charge in [-0.15, -0.1) is 0 Å². The van der Waals surface area contributed by atoms with Crippen LogP contribution in [-0.2, 0) is 0 Å². The maximum Gasteiger partial charge on any atom is 0.134 e. The topological polar surface area (TPSA) is 29.0 Å². The fourth-order valence-corrected chi connectivity index (χ4v) is 2.04. The van der Waals surface area contributed by atoms with Gasteiger partial charge in [0.05, 0.1) is 0 Å². The van der Waals surface area contributed by atoms with E-state index in [1.807, 2.05) is 13.0 Å². The maximum atomic E-state index is 5.89. The van der Waals surface area contributed by atoms with Crippen molar-refractivity contribution in [2.75, 3.05) is 18.0 Å². The number of nitrogens with zero attached hydrogens (tertiary/aromatic N) is 3. The van der Waals surface area contributed by atoms with Crippen LogP contribution >= 0.6 is 11.6 Å². The fourth-order valence-electron chi connectivity index (χ4n) is 1.82. The molecule has 1 aromatic rings. The van der Waals surface area contributed by atoms with E-state index in [-0.39, 0.29) is 0 Å². The first-order valence-electron chi connectivity index (χ1n) is 4.91. The summed E-state index contributed by atoms with van der Waals surface area (Å²) in [6.07, 6.45) is 1.24. The van der Waals surface area contributed by atoms with Crippen LogP contribution in [0.25, 0.3) is 0 Å². The second kappa shape index (κ2) is 3.73. The Balaban J connectivity index is 2.23. The molecule has 2 heterocycles. The molecule has 14 heavy (non-hydrogen) atoms. The highest BCUT2D eigenvalue weighted by Gasteiger charge is 2.20. The molecule has 0 amide bonds. The van der Waals surface area contributed by atoms with Crippen LogP contribution in [-0.4, -0.2) is 23.1 Å². The zero-order valence-electron chi connectivity index (χ0n) is 8.50. The Morgan fingerprint density at radius 1 is 1.50 bits per heavy atom. The lowest BCUT2D eigenvalue weighted by atomic mass is 10.2. The molecule has 1 fully saturated rings. The lowest BCUT2D eigenvalue weighted by Gasteiger charge is -2.17. The Kier molecular flexibility index (Phi) is 2.59. The molecule has 2 rings (SSSR count). The lowest BCUT2D eigenvalue weighted by molar-refractivity contribution is 0.658. The van der Waals surface area contributed by atoms with Gasteiger partial charge in [-0.2, -0.15) is 0 Å². The van der Waals surface area contributed by atoms with E-state index in [2.05, 4.69) is 21.8 Å². The number of aromatic nitrogens is 2. The van der Waals surface area contributed by atoms with Gasteiger partial charge < -0.3 is 4.90 Å². The van der Waals surface area contributed by atoms with Gasteiger partial charge >= 0.3 is 0 Å². The van der Waals surface area contributed by atoms with Crippen molar-refractivity contribution in [2.24, 2.45) is 5.92 Å². The zero-order valence-corrected chi connectivity index (χ0v) is 9.25. The monoisotopic (exact) mass is 211 g/mol. The first-order chi connectivity index (χ1) is 6.65. The van der Waals surface area contributed by atoms with Crippen LogP contribution in [0.1, 0.15) is 19.2 Å². The zero-order chi connectivity index (χ0) is 10.1. The van der Waals surface area contributed by atoms with Crippen LogP contribution in [0, 0.1) is 12.8 Å². The minimum Gasteiger partial charge on any atom is -0.356 e. The smallest absolute Gasteiger partial charge is 0.134 e. The van der Waals surface area contributed by atoms with Crippen LogP contribution < -0.4 is 4.90 Å². The molecule has 1 aliphatic rings. The summed E-state index contributed by atoms with van der Waals surface area (Å²) < 4.78 is 0. The first kappa shape index (κ1) is 9.71. The van der Waals surface area contributed by atoms with Gasteiger partial charge in [-0.3, -0.25) is 0 Å². The van der Waals surface area contributed by atoms with Crippen molar-refractivity contribution < 1.29 is 0 Å². The molecule has 0 aliphatic carbocycles. The summed E-state index contributed by atoms with van der Waals surface area (Å²) in [6.45, 7) is 6.28. The van der Waals surface area contributed by atoms with Gasteiger partial charge in [-0.1, -0.05) is 18.5 Å². The minimum absolute atomic E-state index is 0.534. The molecule has 0 aromatic carbocycles. The average molecular weight is 212 g/mol. The SMILES string of the molecule is Cc1nc(Cl)cc(N2CCC(C)C2)n1. The van der Waals surface area contributed by atoms with Crippen molar-refractivity contribution in [2.45, 2.75) is 20.3 Å². The van der Waals surface area contributed by atoms with Crippen LogP contribution in [0.15, 0.2) is 6.07 Å². The van der Waals surface area contributed by atoms with Crippen molar-refractivity contribution in [3.05, 3.63) is 17.0 Å². The Morgan fingerprint density at radius 2 is 2.29 bits per heavy atom. The molecule has 0 saturated carbocycles. The number of aryl methyl sites for hydroxylation is 1. The van der Waals surface area contributed by atoms with Gasteiger partial charge in [0.2, 0.25) is 0 Å². The first-order valence-corrected chi connectivity index (χ1v) is 5.29. The summed E-state index contributed by atoms with van der Waals surface area (Å²) in [5, 5.41) is 0.534. The highest BCUT2D eigenvalue weighted by Crippen LogP contribution is 2.23. The summed E-state index contributed by atoms with van der Waals surface area (Å²) >= 11 is 5.89. The van der Waals surface area contributed by atoms with Crippen molar-refractivity contribution in [3.8, 4) is 0 Å². The standard InChI is InChI=1S/C10H14ClN3/c1-7-3-4-14(6-7)10-5-9(11)12-8(2)13-10/h5,7H,3-4,6H2,1-2H3. The van der Waals surface area contributed by atoms with Gasteiger partial charge in [0.1, 0.15) is 16.8 Å². The Bertz CT molecular complexity index is 320. The largest absolute Gasteiger partial charge is 0.356 e. The van der Waals surface area contributed by atoms with Crippen LogP contribution in [0.3, 0.4) is 0 Å². The third-order valence-corrected chi connectivity index (χ3v) is 2.73. The summed E-state index contributed by atoms with van der Waals surface area (Å²) in [6, 6.07) is 1.84. The Labute approximate surface area is 89.1 Å². The van der Waals surface area contributed by atoms with Crippen LogP contribution in [0.5, 0.6) is 0 Å². The average Bonchev–Trinajstić information content (AvgIpc) is 2.50. The minimum atomic E-state index is 0.534. The summed E-state index contributed by atoms with van der Waals surface area (Å²) in [5.41, 5.74) is 0. The third kappa shape index (κ3) is 1.98. The number of anilines is 1. The molecule has 0 spiro atoms. The molecular formula is C10H14ClN3. The molecule has 1 aromatic heterocycles. The highest BCUT2D eigenvalue weighted by molar-refractivity contribution is 6.29. The molecule has 3 nitrogen and oxygen atoms in total. The molecular weight excluding hydrogens is 198 g/mol. The lowest BCUT2D eigenvalue weighted by Crippen LogP contribution is -2.20. The van der Waals surface area contributed by atoms with E-state index in [0.29, 0.717) is 5.15 Å². The van der Waals surface area contributed by atoms with Crippen molar-refractivity contribution in [1.29, 1.82) is 0 Å². The molecule has 4 heteroatoms. The van der Waals surface area contributed by atoms with Crippen LogP contribution in [0.2, 0.25) is 5.15 Å². The Morgan fingerprint density at radius 3 is 2.86 bits per heavy atom. The van der Waals surface area contributed by atoms with Gasteiger partial charge in [-0.25, -0.2) is 9.97 Å². The van der Waals surface area contributed by atoms with E-state index in [4.69, 9.17) is 11.6 Å².